The molecule has 5 nitrogen and oxygen atoms in total. The Morgan fingerprint density at radius 3 is 2.07 bits per heavy atom. The Kier molecular flexibility index (Phi) is 4.82. The Balaban J connectivity index is 2.28. The van der Waals surface area contributed by atoms with E-state index in [4.69, 9.17) is 9.47 Å². The molecule has 1 N–H and O–H groups in total. The number of para-hydroxylation sites is 1. The number of halogens is 3. The van der Waals surface area contributed by atoms with E-state index in [1.54, 1.807) is 6.07 Å². The molecule has 3 rings (SSSR count). The predicted molar refractivity (Wildman–Crippen MR) is 96.8 cm³/mol. The van der Waals surface area contributed by atoms with Gasteiger partial charge in [-0.25, -0.2) is 9.97 Å². The van der Waals surface area contributed by atoms with E-state index < -0.39 is 12.0 Å². The molecule has 0 aliphatic rings. The molecule has 1 aromatic heterocycles. The predicted octanol–water partition coefficient (Wildman–Crippen LogP) is 5.03. The standard InChI is InChI=1S/C19H18F3N3O2/c1-10-6-5-7-11(2)16(10)24-17-12-8-14(26-3)15(27-4)9-13(12)23-18(25-17)19(20,21)22/h5-9H,1-4H3,(H,23,24,25). The molecule has 142 valence electrons. The number of nitrogens with zero attached hydrogens (tertiary/aromatic N) is 2. The maximum absolute atomic E-state index is 13.3. The Morgan fingerprint density at radius 2 is 1.52 bits per heavy atom. The largest absolute Gasteiger partial charge is 0.493 e. The van der Waals surface area contributed by atoms with E-state index in [0.717, 1.165) is 11.1 Å². The summed E-state index contributed by atoms with van der Waals surface area (Å²) in [5.41, 5.74) is 2.57. The van der Waals surface area contributed by atoms with Gasteiger partial charge in [0.15, 0.2) is 11.5 Å². The second-order valence-electron chi connectivity index (χ2n) is 6.01. The lowest BCUT2D eigenvalue weighted by atomic mass is 10.1. The Bertz CT molecular complexity index is 983. The molecule has 0 saturated heterocycles. The first-order chi connectivity index (χ1) is 12.7. The summed E-state index contributed by atoms with van der Waals surface area (Å²) in [6.07, 6.45) is -4.68. The molecule has 0 saturated carbocycles. The van der Waals surface area contributed by atoms with Gasteiger partial charge in [0.1, 0.15) is 5.82 Å². The minimum absolute atomic E-state index is 0.0469. The molecule has 3 aromatic rings. The number of benzene rings is 2. The second kappa shape index (κ2) is 6.94. The van der Waals surface area contributed by atoms with Crippen LogP contribution in [0.3, 0.4) is 0 Å². The minimum atomic E-state index is -4.68. The number of methoxy groups -OCH3 is 2. The van der Waals surface area contributed by atoms with E-state index in [-0.39, 0.29) is 17.1 Å². The molecular weight excluding hydrogens is 359 g/mol. The van der Waals surface area contributed by atoms with Gasteiger partial charge in [0.2, 0.25) is 5.82 Å². The van der Waals surface area contributed by atoms with Crippen LogP contribution in [0.25, 0.3) is 10.9 Å². The average molecular weight is 377 g/mol. The van der Waals surface area contributed by atoms with Gasteiger partial charge >= 0.3 is 6.18 Å². The third-order valence-corrected chi connectivity index (χ3v) is 4.18. The number of hydrogen-bond donors (Lipinski definition) is 1. The molecule has 0 unspecified atom stereocenters. The maximum atomic E-state index is 13.3. The zero-order valence-corrected chi connectivity index (χ0v) is 15.2. The normalized spacial score (nSPS) is 11.5. The molecule has 0 amide bonds. The molecule has 2 aromatic carbocycles. The van der Waals surface area contributed by atoms with Crippen LogP contribution < -0.4 is 14.8 Å². The van der Waals surface area contributed by atoms with Crippen LogP contribution in [0.15, 0.2) is 30.3 Å². The Labute approximate surface area is 154 Å². The quantitative estimate of drug-likeness (QED) is 0.691. The maximum Gasteiger partial charge on any atom is 0.451 e. The number of aryl methyl sites for hydroxylation is 2. The Morgan fingerprint density at radius 1 is 0.926 bits per heavy atom. The van der Waals surface area contributed by atoms with Gasteiger partial charge in [0.25, 0.3) is 0 Å². The summed E-state index contributed by atoms with van der Waals surface area (Å²) < 4.78 is 50.4. The fourth-order valence-electron chi connectivity index (χ4n) is 2.81. The molecule has 0 bridgehead atoms. The van der Waals surface area contributed by atoms with Crippen molar-refractivity contribution in [1.82, 2.24) is 9.97 Å². The van der Waals surface area contributed by atoms with Crippen molar-refractivity contribution in [3.05, 3.63) is 47.3 Å². The third-order valence-electron chi connectivity index (χ3n) is 4.18. The lowest BCUT2D eigenvalue weighted by Crippen LogP contribution is -2.13. The second-order valence-corrected chi connectivity index (χ2v) is 6.01. The molecule has 1 heterocycles. The van der Waals surface area contributed by atoms with Crippen molar-refractivity contribution in [2.24, 2.45) is 0 Å². The highest BCUT2D eigenvalue weighted by atomic mass is 19.4. The molecule has 0 fully saturated rings. The van der Waals surface area contributed by atoms with Crippen LogP contribution in [0, 0.1) is 13.8 Å². The number of nitrogens with one attached hydrogen (secondary N) is 1. The van der Waals surface area contributed by atoms with Gasteiger partial charge in [-0.1, -0.05) is 18.2 Å². The number of ether oxygens (including phenoxy) is 2. The molecule has 0 spiro atoms. The lowest BCUT2D eigenvalue weighted by molar-refractivity contribution is -0.144. The van der Waals surface area contributed by atoms with Gasteiger partial charge in [-0.15, -0.1) is 0 Å². The highest BCUT2D eigenvalue weighted by molar-refractivity contribution is 5.93. The van der Waals surface area contributed by atoms with Crippen molar-refractivity contribution in [3.63, 3.8) is 0 Å². The summed E-state index contributed by atoms with van der Waals surface area (Å²) in [5.74, 6) is -0.519. The smallest absolute Gasteiger partial charge is 0.451 e. The van der Waals surface area contributed by atoms with E-state index in [9.17, 15) is 13.2 Å². The zero-order chi connectivity index (χ0) is 19.8. The van der Waals surface area contributed by atoms with Crippen molar-refractivity contribution in [1.29, 1.82) is 0 Å². The van der Waals surface area contributed by atoms with Gasteiger partial charge in [-0.3, -0.25) is 0 Å². The zero-order valence-electron chi connectivity index (χ0n) is 15.2. The average Bonchev–Trinajstić information content (AvgIpc) is 2.62. The first-order valence-electron chi connectivity index (χ1n) is 8.08. The third kappa shape index (κ3) is 3.60. The van der Waals surface area contributed by atoms with Crippen molar-refractivity contribution >= 4 is 22.4 Å². The molecule has 27 heavy (non-hydrogen) atoms. The van der Waals surface area contributed by atoms with E-state index in [0.29, 0.717) is 16.8 Å². The van der Waals surface area contributed by atoms with Gasteiger partial charge < -0.3 is 14.8 Å². The van der Waals surface area contributed by atoms with E-state index in [1.807, 2.05) is 32.0 Å². The minimum Gasteiger partial charge on any atom is -0.493 e. The van der Waals surface area contributed by atoms with Crippen molar-refractivity contribution in [2.45, 2.75) is 20.0 Å². The van der Waals surface area contributed by atoms with Gasteiger partial charge in [0.05, 0.1) is 19.7 Å². The van der Waals surface area contributed by atoms with E-state index >= 15 is 0 Å². The monoisotopic (exact) mass is 377 g/mol. The van der Waals surface area contributed by atoms with Crippen LogP contribution in [-0.2, 0) is 6.18 Å². The van der Waals surface area contributed by atoms with Crippen molar-refractivity contribution in [3.8, 4) is 11.5 Å². The first-order valence-corrected chi connectivity index (χ1v) is 8.08. The summed E-state index contributed by atoms with van der Waals surface area (Å²) in [6, 6.07) is 8.58. The molecule has 0 aliphatic carbocycles. The first kappa shape index (κ1) is 18.8. The summed E-state index contributed by atoms with van der Waals surface area (Å²) in [6.45, 7) is 3.74. The molecular formula is C19H18F3N3O2. The molecule has 8 heteroatoms. The topological polar surface area (TPSA) is 56.3 Å². The van der Waals surface area contributed by atoms with Gasteiger partial charge in [-0.2, -0.15) is 13.2 Å². The highest BCUT2D eigenvalue weighted by Crippen LogP contribution is 2.38. The van der Waals surface area contributed by atoms with Crippen molar-refractivity contribution in [2.75, 3.05) is 19.5 Å². The lowest BCUT2D eigenvalue weighted by Gasteiger charge is -2.17. The number of hydrogen-bond acceptors (Lipinski definition) is 5. The molecule has 0 atom stereocenters. The fraction of sp³-hybridized carbons (Fsp3) is 0.263. The van der Waals surface area contributed by atoms with Crippen molar-refractivity contribution < 1.29 is 22.6 Å². The highest BCUT2D eigenvalue weighted by Gasteiger charge is 2.36. The number of alkyl halides is 3. The van der Waals surface area contributed by atoms with Crippen LogP contribution in [0.5, 0.6) is 11.5 Å². The summed E-state index contributed by atoms with van der Waals surface area (Å²) in [7, 11) is 2.86. The van der Waals surface area contributed by atoms with Gasteiger partial charge in [0, 0.05) is 17.1 Å². The van der Waals surface area contributed by atoms with Crippen LogP contribution in [-0.4, -0.2) is 24.2 Å². The molecule has 0 aliphatic heterocycles. The molecule has 0 radical (unpaired) electrons. The van der Waals surface area contributed by atoms with E-state index in [2.05, 4.69) is 15.3 Å². The van der Waals surface area contributed by atoms with Crippen LogP contribution in [0.2, 0.25) is 0 Å². The number of anilines is 2. The Hall–Kier alpha value is -3.03. The van der Waals surface area contributed by atoms with Crippen LogP contribution in [0.4, 0.5) is 24.7 Å². The van der Waals surface area contributed by atoms with Crippen LogP contribution >= 0.6 is 0 Å². The number of rotatable bonds is 4. The number of aromatic nitrogens is 2. The van der Waals surface area contributed by atoms with Crippen LogP contribution in [0.1, 0.15) is 17.0 Å². The number of fused-ring (bicyclic) bond motifs is 1. The SMILES string of the molecule is COc1cc2nc(C(F)(F)F)nc(Nc3c(C)cccc3C)c2cc1OC. The summed E-state index contributed by atoms with van der Waals surface area (Å²) >= 11 is 0. The summed E-state index contributed by atoms with van der Waals surface area (Å²) in [5, 5.41) is 3.43. The van der Waals surface area contributed by atoms with E-state index in [1.165, 1.54) is 20.3 Å². The fourth-order valence-corrected chi connectivity index (χ4v) is 2.81. The van der Waals surface area contributed by atoms with Gasteiger partial charge in [-0.05, 0) is 31.0 Å². The summed E-state index contributed by atoms with van der Waals surface area (Å²) in [4.78, 5) is 7.40.